The Morgan fingerprint density at radius 1 is 1.26 bits per heavy atom. The number of benzene rings is 1. The molecule has 4 nitrogen and oxygen atoms in total. The van der Waals surface area contributed by atoms with Gasteiger partial charge in [0.15, 0.2) is 5.96 Å². The molecule has 0 saturated heterocycles. The summed E-state index contributed by atoms with van der Waals surface area (Å²) in [6, 6.07) is 10.5. The van der Waals surface area contributed by atoms with Crippen LogP contribution in [0.4, 0.5) is 5.69 Å². The molecule has 0 atom stereocenters. The number of anilines is 1. The van der Waals surface area contributed by atoms with E-state index >= 15 is 0 Å². The lowest BCUT2D eigenvalue weighted by atomic mass is 10.2. The van der Waals surface area contributed by atoms with Gasteiger partial charge < -0.3 is 16.0 Å². The molecule has 1 aromatic rings. The Bertz CT molecular complexity index is 362. The van der Waals surface area contributed by atoms with Crippen LogP contribution in [-0.4, -0.2) is 32.1 Å². The van der Waals surface area contributed by atoms with Crippen molar-refractivity contribution >= 4 is 11.6 Å². The van der Waals surface area contributed by atoms with Gasteiger partial charge in [-0.05, 0) is 31.9 Å². The average molecular weight is 262 g/mol. The molecular weight excluding hydrogens is 236 g/mol. The maximum atomic E-state index is 5.75. The minimum atomic E-state index is 0.560. The van der Waals surface area contributed by atoms with Gasteiger partial charge >= 0.3 is 0 Å². The number of guanidine groups is 1. The highest BCUT2D eigenvalue weighted by molar-refractivity contribution is 5.77. The quantitative estimate of drug-likeness (QED) is 0.429. The Hall–Kier alpha value is -1.71. The second kappa shape index (κ2) is 9.25. The standard InChI is InChI=1S/C15H26N4/c1-3-11-17-15(16)18-12-8-13-19(4-2)14-9-6-5-7-10-14/h5-7,9-10H,3-4,8,11-13H2,1-2H3,(H3,16,17,18). The Labute approximate surface area is 116 Å². The molecule has 1 aromatic carbocycles. The summed E-state index contributed by atoms with van der Waals surface area (Å²) in [7, 11) is 0. The van der Waals surface area contributed by atoms with Crippen LogP contribution in [0, 0.1) is 0 Å². The second-order valence-corrected chi connectivity index (χ2v) is 4.46. The van der Waals surface area contributed by atoms with Gasteiger partial charge in [-0.15, -0.1) is 0 Å². The zero-order valence-electron chi connectivity index (χ0n) is 12.1. The Morgan fingerprint density at radius 2 is 2.00 bits per heavy atom. The van der Waals surface area contributed by atoms with Crippen molar-refractivity contribution in [3.63, 3.8) is 0 Å². The van der Waals surface area contributed by atoms with Gasteiger partial charge in [-0.2, -0.15) is 0 Å². The Kier molecular flexibility index (Phi) is 7.47. The number of hydrogen-bond acceptors (Lipinski definition) is 2. The van der Waals surface area contributed by atoms with E-state index in [1.165, 1.54) is 5.69 Å². The van der Waals surface area contributed by atoms with E-state index in [1.54, 1.807) is 0 Å². The maximum absolute atomic E-state index is 5.75. The highest BCUT2D eigenvalue weighted by Gasteiger charge is 2.02. The number of nitrogens with one attached hydrogen (secondary N) is 1. The van der Waals surface area contributed by atoms with Gasteiger partial charge in [-0.3, -0.25) is 4.99 Å². The van der Waals surface area contributed by atoms with E-state index < -0.39 is 0 Å². The lowest BCUT2D eigenvalue weighted by molar-refractivity contribution is 0.719. The van der Waals surface area contributed by atoms with Crippen LogP contribution in [0.2, 0.25) is 0 Å². The molecule has 0 aliphatic rings. The number of aliphatic imine (C=N–C) groups is 1. The Balaban J connectivity index is 2.27. The predicted octanol–water partition coefficient (Wildman–Crippen LogP) is 2.22. The summed E-state index contributed by atoms with van der Waals surface area (Å²) in [5.74, 6) is 0.560. The summed E-state index contributed by atoms with van der Waals surface area (Å²) >= 11 is 0. The van der Waals surface area contributed by atoms with Crippen LogP contribution in [0.25, 0.3) is 0 Å². The van der Waals surface area contributed by atoms with Crippen LogP contribution < -0.4 is 16.0 Å². The largest absolute Gasteiger partial charge is 0.372 e. The van der Waals surface area contributed by atoms with Gasteiger partial charge in [0, 0.05) is 31.9 Å². The molecule has 0 saturated carbocycles. The summed E-state index contributed by atoms with van der Waals surface area (Å²) in [6.07, 6.45) is 2.07. The minimum Gasteiger partial charge on any atom is -0.372 e. The molecule has 4 heteroatoms. The lowest BCUT2D eigenvalue weighted by Crippen LogP contribution is -2.34. The van der Waals surface area contributed by atoms with Crippen molar-refractivity contribution in [2.24, 2.45) is 10.7 Å². The summed E-state index contributed by atoms with van der Waals surface area (Å²) in [6.45, 7) is 7.97. The monoisotopic (exact) mass is 262 g/mol. The minimum absolute atomic E-state index is 0.560. The van der Waals surface area contributed by atoms with Crippen LogP contribution in [0.5, 0.6) is 0 Å². The van der Waals surface area contributed by atoms with Crippen LogP contribution in [0.3, 0.4) is 0 Å². The fourth-order valence-corrected chi connectivity index (χ4v) is 1.88. The van der Waals surface area contributed by atoms with Crippen molar-refractivity contribution in [2.75, 3.05) is 31.1 Å². The molecule has 0 heterocycles. The molecule has 0 amide bonds. The fourth-order valence-electron chi connectivity index (χ4n) is 1.88. The van der Waals surface area contributed by atoms with Gasteiger partial charge in [-0.25, -0.2) is 0 Å². The maximum Gasteiger partial charge on any atom is 0.188 e. The molecule has 19 heavy (non-hydrogen) atoms. The number of hydrogen-bond donors (Lipinski definition) is 2. The molecule has 0 aromatic heterocycles. The third kappa shape index (κ3) is 6.13. The third-order valence-electron chi connectivity index (χ3n) is 2.92. The van der Waals surface area contributed by atoms with E-state index in [0.717, 1.165) is 39.0 Å². The van der Waals surface area contributed by atoms with Crippen molar-refractivity contribution in [2.45, 2.75) is 26.7 Å². The van der Waals surface area contributed by atoms with Crippen molar-refractivity contribution in [3.05, 3.63) is 30.3 Å². The van der Waals surface area contributed by atoms with E-state index in [-0.39, 0.29) is 0 Å². The molecular formula is C15H26N4. The normalized spacial score (nSPS) is 11.4. The molecule has 0 radical (unpaired) electrons. The van der Waals surface area contributed by atoms with Crippen LogP contribution >= 0.6 is 0 Å². The smallest absolute Gasteiger partial charge is 0.188 e. The Morgan fingerprint density at radius 3 is 2.63 bits per heavy atom. The van der Waals surface area contributed by atoms with Gasteiger partial charge in [0.25, 0.3) is 0 Å². The van der Waals surface area contributed by atoms with Crippen molar-refractivity contribution in [1.82, 2.24) is 5.32 Å². The molecule has 106 valence electrons. The highest BCUT2D eigenvalue weighted by Crippen LogP contribution is 2.12. The second-order valence-electron chi connectivity index (χ2n) is 4.46. The molecule has 0 spiro atoms. The van der Waals surface area contributed by atoms with E-state index in [4.69, 9.17) is 5.73 Å². The first-order valence-electron chi connectivity index (χ1n) is 7.11. The average Bonchev–Trinajstić information content (AvgIpc) is 2.46. The van der Waals surface area contributed by atoms with Gasteiger partial charge in [0.2, 0.25) is 0 Å². The third-order valence-corrected chi connectivity index (χ3v) is 2.92. The number of nitrogens with zero attached hydrogens (tertiary/aromatic N) is 2. The SMILES string of the molecule is CCCN=C(N)NCCCN(CC)c1ccccc1. The van der Waals surface area contributed by atoms with E-state index in [9.17, 15) is 0 Å². The molecule has 0 aliphatic carbocycles. The van der Waals surface area contributed by atoms with Crippen molar-refractivity contribution in [3.8, 4) is 0 Å². The number of rotatable bonds is 8. The first-order chi connectivity index (χ1) is 9.27. The first-order valence-corrected chi connectivity index (χ1v) is 7.11. The zero-order chi connectivity index (χ0) is 13.9. The molecule has 0 fully saturated rings. The van der Waals surface area contributed by atoms with Crippen molar-refractivity contribution in [1.29, 1.82) is 0 Å². The van der Waals surface area contributed by atoms with E-state index in [2.05, 4.69) is 53.3 Å². The topological polar surface area (TPSA) is 53.6 Å². The number of para-hydroxylation sites is 1. The van der Waals surface area contributed by atoms with Crippen LogP contribution in [-0.2, 0) is 0 Å². The fraction of sp³-hybridized carbons (Fsp3) is 0.533. The molecule has 0 aliphatic heterocycles. The summed E-state index contributed by atoms with van der Waals surface area (Å²) < 4.78 is 0. The molecule has 3 N–H and O–H groups in total. The van der Waals surface area contributed by atoms with Crippen LogP contribution in [0.1, 0.15) is 26.7 Å². The molecule has 0 bridgehead atoms. The van der Waals surface area contributed by atoms with Gasteiger partial charge in [0.1, 0.15) is 0 Å². The van der Waals surface area contributed by atoms with Crippen molar-refractivity contribution < 1.29 is 0 Å². The lowest BCUT2D eigenvalue weighted by Gasteiger charge is -2.23. The predicted molar refractivity (Wildman–Crippen MR) is 83.7 cm³/mol. The van der Waals surface area contributed by atoms with Gasteiger partial charge in [0.05, 0.1) is 0 Å². The van der Waals surface area contributed by atoms with Crippen LogP contribution in [0.15, 0.2) is 35.3 Å². The first kappa shape index (κ1) is 15.3. The summed E-state index contributed by atoms with van der Waals surface area (Å²) in [5.41, 5.74) is 7.02. The van der Waals surface area contributed by atoms with Gasteiger partial charge in [-0.1, -0.05) is 25.1 Å². The summed E-state index contributed by atoms with van der Waals surface area (Å²) in [4.78, 5) is 6.57. The molecule has 0 unspecified atom stereocenters. The highest BCUT2D eigenvalue weighted by atomic mass is 15.1. The van der Waals surface area contributed by atoms with E-state index in [0.29, 0.717) is 5.96 Å². The summed E-state index contributed by atoms with van der Waals surface area (Å²) in [5, 5.41) is 3.15. The zero-order valence-corrected chi connectivity index (χ0v) is 12.1. The van der Waals surface area contributed by atoms with E-state index in [1.807, 2.05) is 6.07 Å². The molecule has 1 rings (SSSR count). The number of nitrogens with two attached hydrogens (primary N) is 1.